The molecule has 0 bridgehead atoms. The third kappa shape index (κ3) is 2.96. The first kappa shape index (κ1) is 19.3. The molecule has 1 fully saturated rings. The minimum absolute atomic E-state index is 0. The van der Waals surface area contributed by atoms with Crippen molar-refractivity contribution in [3.63, 3.8) is 0 Å². The molecule has 1 atom stereocenters. The number of rotatable bonds is 4. The summed E-state index contributed by atoms with van der Waals surface area (Å²) in [4.78, 5) is 52.0. The van der Waals surface area contributed by atoms with Crippen molar-refractivity contribution < 1.29 is 23.6 Å². The van der Waals surface area contributed by atoms with Gasteiger partial charge in [0.1, 0.15) is 11.8 Å². The number of anilines is 1. The fourth-order valence-electron chi connectivity index (χ4n) is 3.47. The molecule has 2 aromatic rings. The van der Waals surface area contributed by atoms with Crippen molar-refractivity contribution in [2.45, 2.75) is 32.9 Å². The number of likely N-dealkylation sites (N-methyl/N-ethyl adjacent to an activating group) is 1. The van der Waals surface area contributed by atoms with E-state index in [1.165, 1.54) is 7.05 Å². The number of hydrogen-bond acceptors (Lipinski definition) is 6. The number of imide groups is 2. The van der Waals surface area contributed by atoms with E-state index in [4.69, 9.17) is 4.42 Å². The first-order chi connectivity index (χ1) is 13.0. The summed E-state index contributed by atoms with van der Waals surface area (Å²) in [5.74, 6) is -1.21. The summed E-state index contributed by atoms with van der Waals surface area (Å²) < 4.78 is 5.27. The Morgan fingerprint density at radius 3 is 2.61 bits per heavy atom. The Kier molecular flexibility index (Phi) is 5.04. The monoisotopic (exact) mass is 383 g/mol. The van der Waals surface area contributed by atoms with Crippen molar-refractivity contribution in [3.8, 4) is 0 Å². The van der Waals surface area contributed by atoms with Crippen LogP contribution in [0.15, 0.2) is 41.0 Å². The lowest BCUT2D eigenvalue weighted by atomic mass is 10.0. The Hall–Kier alpha value is -3.42. The number of benzene rings is 1. The van der Waals surface area contributed by atoms with Crippen LogP contribution in [-0.4, -0.2) is 46.5 Å². The Bertz CT molecular complexity index is 951. The zero-order chi connectivity index (χ0) is 19.1. The molecule has 8 heteroatoms. The Balaban J connectivity index is 0.00000225. The van der Waals surface area contributed by atoms with E-state index in [-0.39, 0.29) is 37.3 Å². The van der Waals surface area contributed by atoms with E-state index in [9.17, 15) is 19.2 Å². The van der Waals surface area contributed by atoms with E-state index < -0.39 is 23.8 Å². The molecule has 0 spiro atoms. The summed E-state index contributed by atoms with van der Waals surface area (Å²) >= 11 is 0. The fourth-order valence-corrected chi connectivity index (χ4v) is 3.47. The summed E-state index contributed by atoms with van der Waals surface area (Å²) in [6.07, 6.45) is 1.81. The highest BCUT2D eigenvalue weighted by Gasteiger charge is 2.47. The number of amides is 4. The molecule has 4 amide bonds. The molecular formula is C20H21N3O5. The highest BCUT2D eigenvalue weighted by Crippen LogP contribution is 2.33. The van der Waals surface area contributed by atoms with Gasteiger partial charge in [-0.2, -0.15) is 0 Å². The molecule has 1 saturated heterocycles. The Morgan fingerprint density at radius 2 is 1.89 bits per heavy atom. The molecule has 3 heterocycles. The second-order valence-corrected chi connectivity index (χ2v) is 6.49. The summed E-state index contributed by atoms with van der Waals surface area (Å²) in [6, 6.07) is 7.54. The van der Waals surface area contributed by atoms with Gasteiger partial charge in [-0.25, -0.2) is 0 Å². The second kappa shape index (κ2) is 7.30. The normalized spacial score (nSPS) is 19.0. The van der Waals surface area contributed by atoms with Crippen molar-refractivity contribution in [1.29, 1.82) is 0 Å². The predicted octanol–water partition coefficient (Wildman–Crippen LogP) is 2.27. The van der Waals surface area contributed by atoms with Gasteiger partial charge in [0.2, 0.25) is 5.91 Å². The van der Waals surface area contributed by atoms with Crippen LogP contribution >= 0.6 is 0 Å². The van der Waals surface area contributed by atoms with Gasteiger partial charge in [-0.05, 0) is 30.7 Å². The molecule has 0 saturated carbocycles. The molecule has 2 aliphatic heterocycles. The van der Waals surface area contributed by atoms with E-state index in [2.05, 4.69) is 5.32 Å². The average molecular weight is 383 g/mol. The molecule has 2 aliphatic rings. The van der Waals surface area contributed by atoms with E-state index in [1.807, 2.05) is 0 Å². The number of carbonyl (C=O) groups excluding carboxylic acids is 4. The largest absolute Gasteiger partial charge is 0.467 e. The molecule has 1 aromatic carbocycles. The van der Waals surface area contributed by atoms with Crippen LogP contribution in [0.4, 0.5) is 5.69 Å². The lowest BCUT2D eigenvalue weighted by Gasteiger charge is -2.32. The van der Waals surface area contributed by atoms with Gasteiger partial charge >= 0.3 is 0 Å². The number of likely N-dealkylation sites (tertiary alicyclic amines) is 1. The third-order valence-corrected chi connectivity index (χ3v) is 4.91. The number of nitrogens with one attached hydrogen (secondary N) is 1. The minimum Gasteiger partial charge on any atom is -0.467 e. The summed E-state index contributed by atoms with van der Waals surface area (Å²) in [5, 5.41) is 3.11. The number of fused-ring (bicyclic) bond motifs is 1. The van der Waals surface area contributed by atoms with Crippen LogP contribution in [0, 0.1) is 0 Å². The van der Waals surface area contributed by atoms with Gasteiger partial charge in [0.25, 0.3) is 17.7 Å². The maximum absolute atomic E-state index is 13.0. The van der Waals surface area contributed by atoms with Crippen LogP contribution in [0.2, 0.25) is 0 Å². The topological polar surface area (TPSA) is 99.9 Å². The molecule has 1 N–H and O–H groups in total. The second-order valence-electron chi connectivity index (χ2n) is 6.49. The summed E-state index contributed by atoms with van der Waals surface area (Å²) in [7, 11) is 1.37. The predicted molar refractivity (Wildman–Crippen MR) is 101 cm³/mol. The molecule has 4 rings (SSSR count). The van der Waals surface area contributed by atoms with Crippen molar-refractivity contribution in [2.75, 3.05) is 12.4 Å². The molecular weight excluding hydrogens is 362 g/mol. The zero-order valence-electron chi connectivity index (χ0n) is 14.6. The highest BCUT2D eigenvalue weighted by atomic mass is 16.3. The maximum atomic E-state index is 13.0. The number of piperidine rings is 1. The van der Waals surface area contributed by atoms with Crippen molar-refractivity contribution in [3.05, 3.63) is 53.5 Å². The molecule has 0 aliphatic carbocycles. The van der Waals surface area contributed by atoms with Gasteiger partial charge in [0.05, 0.1) is 23.9 Å². The van der Waals surface area contributed by atoms with Crippen LogP contribution in [0.1, 0.15) is 46.7 Å². The van der Waals surface area contributed by atoms with E-state index in [0.29, 0.717) is 18.0 Å². The van der Waals surface area contributed by atoms with Crippen LogP contribution in [-0.2, 0) is 16.1 Å². The van der Waals surface area contributed by atoms with Crippen LogP contribution in [0.25, 0.3) is 0 Å². The van der Waals surface area contributed by atoms with E-state index in [1.54, 1.807) is 36.6 Å². The first-order valence-electron chi connectivity index (χ1n) is 8.56. The molecule has 1 aromatic heterocycles. The third-order valence-electron chi connectivity index (χ3n) is 4.91. The standard InChI is InChI=1S/C19H17N3O5.CH4/c1-21-15(23)8-7-14(18(21)25)22-17(24)12-5-2-6-13(16(12)19(22)26)20-10-11-4-3-9-27-11;/h2-6,9,14,20H,7-8,10H2,1H3;1H4. The van der Waals surface area contributed by atoms with Gasteiger partial charge in [0.15, 0.2) is 0 Å². The smallest absolute Gasteiger partial charge is 0.264 e. The van der Waals surface area contributed by atoms with Crippen LogP contribution in [0.5, 0.6) is 0 Å². The number of furan rings is 1. The Labute approximate surface area is 162 Å². The summed E-state index contributed by atoms with van der Waals surface area (Å²) in [6.45, 7) is 0.352. The quantitative estimate of drug-likeness (QED) is 0.813. The summed E-state index contributed by atoms with van der Waals surface area (Å²) in [5.41, 5.74) is 0.982. The highest BCUT2D eigenvalue weighted by molar-refractivity contribution is 6.25. The fraction of sp³-hybridized carbons (Fsp3) is 0.300. The molecule has 146 valence electrons. The molecule has 8 nitrogen and oxygen atoms in total. The SMILES string of the molecule is C.CN1C(=O)CCC(N2C(=O)c3cccc(NCc4ccco4)c3C2=O)C1=O. The number of hydrogen-bond donors (Lipinski definition) is 1. The zero-order valence-corrected chi connectivity index (χ0v) is 14.6. The van der Waals surface area contributed by atoms with Crippen molar-refractivity contribution in [1.82, 2.24) is 9.80 Å². The first-order valence-corrected chi connectivity index (χ1v) is 8.56. The van der Waals surface area contributed by atoms with Gasteiger partial charge in [-0.3, -0.25) is 29.0 Å². The lowest BCUT2D eigenvalue weighted by Crippen LogP contribution is -2.54. The Morgan fingerprint density at radius 1 is 1.11 bits per heavy atom. The van der Waals surface area contributed by atoms with Crippen molar-refractivity contribution >= 4 is 29.3 Å². The minimum atomic E-state index is -0.960. The van der Waals surface area contributed by atoms with Crippen molar-refractivity contribution in [2.24, 2.45) is 0 Å². The van der Waals surface area contributed by atoms with E-state index >= 15 is 0 Å². The van der Waals surface area contributed by atoms with E-state index in [0.717, 1.165) is 9.80 Å². The number of nitrogens with zero attached hydrogens (tertiary/aromatic N) is 2. The molecule has 1 unspecified atom stereocenters. The maximum Gasteiger partial charge on any atom is 0.264 e. The van der Waals surface area contributed by atoms with Gasteiger partial charge in [-0.1, -0.05) is 13.5 Å². The van der Waals surface area contributed by atoms with Gasteiger partial charge in [0, 0.05) is 19.2 Å². The van der Waals surface area contributed by atoms with Crippen LogP contribution < -0.4 is 5.32 Å². The molecule has 0 radical (unpaired) electrons. The average Bonchev–Trinajstić information content (AvgIpc) is 3.27. The molecule has 28 heavy (non-hydrogen) atoms. The number of carbonyl (C=O) groups is 4. The van der Waals surface area contributed by atoms with Gasteiger partial charge in [-0.15, -0.1) is 0 Å². The van der Waals surface area contributed by atoms with Gasteiger partial charge < -0.3 is 9.73 Å². The van der Waals surface area contributed by atoms with Crippen LogP contribution in [0.3, 0.4) is 0 Å². The lowest BCUT2D eigenvalue weighted by molar-refractivity contribution is -0.149.